The van der Waals surface area contributed by atoms with Gasteiger partial charge < -0.3 is 29.5 Å². The number of fused-ring (bicyclic) bond motifs is 1. The normalized spacial score (nSPS) is 27.4. The van der Waals surface area contributed by atoms with Crippen LogP contribution in [-0.4, -0.2) is 64.6 Å². The zero-order chi connectivity index (χ0) is 22.9. The van der Waals surface area contributed by atoms with Crippen LogP contribution in [0.25, 0.3) is 0 Å². The topological polar surface area (TPSA) is 142 Å². The van der Waals surface area contributed by atoms with Gasteiger partial charge in [-0.3, -0.25) is 19.2 Å². The van der Waals surface area contributed by atoms with E-state index in [4.69, 9.17) is 19.1 Å². The van der Waals surface area contributed by atoms with Crippen molar-refractivity contribution in [2.75, 3.05) is 19.6 Å². The highest BCUT2D eigenvalue weighted by Crippen LogP contribution is 2.54. The van der Waals surface area contributed by atoms with E-state index in [-0.39, 0.29) is 53.0 Å². The number of nitrogens with zero attached hydrogens (tertiary/aromatic N) is 1. The molecule has 5 heterocycles. The summed E-state index contributed by atoms with van der Waals surface area (Å²) in [6, 6.07) is 6.13. The van der Waals surface area contributed by atoms with Gasteiger partial charge in [-0.2, -0.15) is 0 Å². The molecule has 170 valence electrons. The molecular formula is C22H25N3O7. The maximum Gasteiger partial charge on any atom is 0.290 e. The van der Waals surface area contributed by atoms with Gasteiger partial charge >= 0.3 is 0 Å². The minimum atomic E-state index is -0.355. The smallest absolute Gasteiger partial charge is 0.290 e. The molecule has 4 atom stereocenters. The third-order valence-corrected chi connectivity index (χ3v) is 6.51. The molecular weight excluding hydrogens is 418 g/mol. The lowest BCUT2D eigenvalue weighted by molar-refractivity contribution is -0.122. The Kier molecular flexibility index (Phi) is 5.88. The first-order valence-electron chi connectivity index (χ1n) is 10.4. The number of nitrogens with one attached hydrogen (secondary N) is 2. The third-order valence-electron chi connectivity index (χ3n) is 6.51. The number of H-pyrrole nitrogens is 1. The Morgan fingerprint density at radius 3 is 2.88 bits per heavy atom. The summed E-state index contributed by atoms with van der Waals surface area (Å²) >= 11 is 0. The predicted octanol–water partition coefficient (Wildman–Crippen LogP) is 1.03. The molecule has 3 aliphatic rings. The van der Waals surface area contributed by atoms with Crippen molar-refractivity contribution >= 4 is 18.3 Å². The molecule has 1 spiro atoms. The highest BCUT2D eigenvalue weighted by molar-refractivity contribution is 5.92. The van der Waals surface area contributed by atoms with E-state index in [1.165, 1.54) is 12.1 Å². The second-order valence-electron chi connectivity index (χ2n) is 8.38. The molecule has 3 N–H and O–H groups in total. The van der Waals surface area contributed by atoms with Gasteiger partial charge in [0.2, 0.25) is 0 Å². The maximum absolute atomic E-state index is 12.9. The monoisotopic (exact) mass is 443 g/mol. The second-order valence-corrected chi connectivity index (χ2v) is 8.38. The number of amides is 2. The minimum Gasteiger partial charge on any atom is -0.483 e. The van der Waals surface area contributed by atoms with Crippen LogP contribution < -0.4 is 10.7 Å². The largest absolute Gasteiger partial charge is 0.483 e. The molecule has 0 radical (unpaired) electrons. The average Bonchev–Trinajstić information content (AvgIpc) is 3.52. The molecule has 3 aliphatic heterocycles. The summed E-state index contributed by atoms with van der Waals surface area (Å²) in [5.74, 6) is 0.378. The SMILES string of the molecule is Cc1cc(=O)cc(C(=O)N2C[C@@H]3[C@H](CNC(=O)c4ccc[nH]4)[C@H]4CC[C@]3(C2)O4)o1.O=CO. The Morgan fingerprint density at radius 2 is 2.19 bits per heavy atom. The van der Waals surface area contributed by atoms with Gasteiger partial charge in [0, 0.05) is 43.3 Å². The van der Waals surface area contributed by atoms with Crippen LogP contribution in [0.1, 0.15) is 39.6 Å². The van der Waals surface area contributed by atoms with Crippen molar-refractivity contribution in [3.8, 4) is 0 Å². The Bertz CT molecular complexity index is 1060. The zero-order valence-corrected chi connectivity index (χ0v) is 17.6. The summed E-state index contributed by atoms with van der Waals surface area (Å²) in [5, 5.41) is 9.89. The molecule has 0 aromatic carbocycles. The van der Waals surface area contributed by atoms with Crippen LogP contribution in [0, 0.1) is 18.8 Å². The molecule has 10 nitrogen and oxygen atoms in total. The maximum atomic E-state index is 12.9. The molecule has 5 rings (SSSR count). The summed E-state index contributed by atoms with van der Waals surface area (Å²) in [6.45, 7) is 2.95. The Morgan fingerprint density at radius 1 is 1.41 bits per heavy atom. The van der Waals surface area contributed by atoms with Crippen LogP contribution in [0.2, 0.25) is 0 Å². The second kappa shape index (κ2) is 8.62. The van der Waals surface area contributed by atoms with Gasteiger partial charge in [-0.15, -0.1) is 0 Å². The number of hydrogen-bond donors (Lipinski definition) is 3. The van der Waals surface area contributed by atoms with E-state index in [1.54, 1.807) is 30.2 Å². The lowest BCUT2D eigenvalue weighted by atomic mass is 9.73. The summed E-state index contributed by atoms with van der Waals surface area (Å²) in [7, 11) is 0. The van der Waals surface area contributed by atoms with Gasteiger partial charge in [0.25, 0.3) is 18.3 Å². The lowest BCUT2D eigenvalue weighted by Crippen LogP contribution is -2.42. The fourth-order valence-electron chi connectivity index (χ4n) is 5.26. The van der Waals surface area contributed by atoms with E-state index < -0.39 is 0 Å². The summed E-state index contributed by atoms with van der Waals surface area (Å²) in [4.78, 5) is 50.0. The Labute approximate surface area is 183 Å². The van der Waals surface area contributed by atoms with Gasteiger partial charge in [-0.1, -0.05) is 0 Å². The first-order chi connectivity index (χ1) is 15.4. The van der Waals surface area contributed by atoms with E-state index in [0.717, 1.165) is 12.8 Å². The number of aryl methyl sites for hydroxylation is 1. The minimum absolute atomic E-state index is 0.0671. The number of carbonyl (C=O) groups is 3. The highest BCUT2D eigenvalue weighted by Gasteiger charge is 2.63. The van der Waals surface area contributed by atoms with E-state index in [9.17, 15) is 14.4 Å². The van der Waals surface area contributed by atoms with Crippen LogP contribution in [-0.2, 0) is 9.53 Å². The highest BCUT2D eigenvalue weighted by atomic mass is 16.5. The van der Waals surface area contributed by atoms with Gasteiger partial charge in [0.05, 0.1) is 18.2 Å². The summed E-state index contributed by atoms with van der Waals surface area (Å²) in [6.07, 6.45) is 3.67. The number of rotatable bonds is 4. The van der Waals surface area contributed by atoms with E-state index in [0.29, 0.717) is 31.1 Å². The molecule has 3 fully saturated rings. The van der Waals surface area contributed by atoms with Gasteiger partial charge in [-0.05, 0) is 31.9 Å². The number of hydrogen-bond acceptors (Lipinski definition) is 6. The summed E-state index contributed by atoms with van der Waals surface area (Å²) in [5.41, 5.74) is -0.0649. The van der Waals surface area contributed by atoms with Crippen molar-refractivity contribution in [1.29, 1.82) is 0 Å². The molecule has 0 unspecified atom stereocenters. The van der Waals surface area contributed by atoms with Gasteiger partial charge in [0.1, 0.15) is 11.5 Å². The fraction of sp³-hybridized carbons (Fsp3) is 0.455. The first-order valence-corrected chi connectivity index (χ1v) is 10.4. The molecule has 10 heteroatoms. The number of carboxylic acid groups (broad SMARTS) is 1. The standard InChI is InChI=1S/C21H23N3O5.CH2O2/c1-12-7-13(25)8-18(28-12)20(27)24-10-15-14(17-4-5-21(15,11-24)29-17)9-23-19(26)16-3-2-6-22-16;2-1-3/h2-3,6-8,14-15,17,22H,4-5,9-11H2,1H3,(H,23,26);1H,(H,2,3)/t14-,15+,17+,21+;/m0./s1. The van der Waals surface area contributed by atoms with Gasteiger partial charge in [0.15, 0.2) is 11.2 Å². The molecule has 0 aliphatic carbocycles. The number of ether oxygens (including phenoxy) is 1. The number of aromatic nitrogens is 1. The van der Waals surface area contributed by atoms with Crippen LogP contribution in [0.15, 0.2) is 39.7 Å². The van der Waals surface area contributed by atoms with Crippen LogP contribution >= 0.6 is 0 Å². The Balaban J connectivity index is 0.000000775. The molecule has 2 bridgehead atoms. The van der Waals surface area contributed by atoms with E-state index in [1.807, 2.05) is 0 Å². The van der Waals surface area contributed by atoms with Gasteiger partial charge in [-0.25, -0.2) is 0 Å². The lowest BCUT2D eigenvalue weighted by Gasteiger charge is -2.29. The molecule has 2 aromatic rings. The molecule has 2 aromatic heterocycles. The third kappa shape index (κ3) is 3.93. The van der Waals surface area contributed by atoms with E-state index in [2.05, 4.69) is 10.3 Å². The van der Waals surface area contributed by atoms with Crippen LogP contribution in [0.4, 0.5) is 0 Å². The van der Waals surface area contributed by atoms with Crippen LogP contribution in [0.5, 0.6) is 0 Å². The number of aromatic amines is 1. The first kappa shape index (κ1) is 21.8. The Hall–Kier alpha value is -3.40. The molecule has 3 saturated heterocycles. The van der Waals surface area contributed by atoms with Crippen molar-refractivity contribution in [3.05, 3.63) is 57.9 Å². The molecule has 2 amide bonds. The van der Waals surface area contributed by atoms with Crippen molar-refractivity contribution in [1.82, 2.24) is 15.2 Å². The molecule has 0 saturated carbocycles. The van der Waals surface area contributed by atoms with Crippen LogP contribution in [0.3, 0.4) is 0 Å². The predicted molar refractivity (Wildman–Crippen MR) is 111 cm³/mol. The fourth-order valence-corrected chi connectivity index (χ4v) is 5.26. The number of likely N-dealkylation sites (tertiary alicyclic amines) is 1. The molecule has 32 heavy (non-hydrogen) atoms. The zero-order valence-electron chi connectivity index (χ0n) is 17.6. The van der Waals surface area contributed by atoms with E-state index >= 15 is 0 Å². The van der Waals surface area contributed by atoms with Crippen molar-refractivity contribution in [2.45, 2.75) is 31.5 Å². The quantitative estimate of drug-likeness (QED) is 0.599. The summed E-state index contributed by atoms with van der Waals surface area (Å²) < 4.78 is 11.8. The average molecular weight is 443 g/mol. The van der Waals surface area contributed by atoms with Crippen molar-refractivity contribution in [3.63, 3.8) is 0 Å². The van der Waals surface area contributed by atoms with Crippen molar-refractivity contribution in [2.24, 2.45) is 11.8 Å². The van der Waals surface area contributed by atoms with Crippen molar-refractivity contribution < 1.29 is 28.6 Å². The number of carbonyl (C=O) groups excluding carboxylic acids is 2.